The molecule has 0 amide bonds. The number of hydrogen-bond acceptors (Lipinski definition) is 4. The number of aryl methyl sites for hydroxylation is 1. The number of ether oxygens (including phenoxy) is 1. The number of rotatable bonds is 5. The molecule has 100 valence electrons. The maximum atomic E-state index is 5.84. The van der Waals surface area contributed by atoms with Crippen LogP contribution >= 0.6 is 11.3 Å². The van der Waals surface area contributed by atoms with Crippen molar-refractivity contribution in [3.8, 4) is 0 Å². The van der Waals surface area contributed by atoms with Gasteiger partial charge in [0.05, 0.1) is 12.7 Å². The summed E-state index contributed by atoms with van der Waals surface area (Å²) in [5.74, 6) is 0. The van der Waals surface area contributed by atoms with Gasteiger partial charge in [0.2, 0.25) is 0 Å². The Balaban J connectivity index is 1.41. The Kier molecular flexibility index (Phi) is 3.99. The van der Waals surface area contributed by atoms with Crippen molar-refractivity contribution >= 4 is 11.3 Å². The summed E-state index contributed by atoms with van der Waals surface area (Å²) in [7, 11) is 0. The average molecular weight is 266 g/mol. The minimum Gasteiger partial charge on any atom is -0.374 e. The molecule has 0 radical (unpaired) electrons. The third-order valence-electron chi connectivity index (χ3n) is 3.86. The van der Waals surface area contributed by atoms with E-state index in [-0.39, 0.29) is 0 Å². The van der Waals surface area contributed by atoms with Gasteiger partial charge in [0.25, 0.3) is 0 Å². The molecule has 0 aromatic carbocycles. The normalized spacial score (nSPS) is 25.5. The molecule has 1 aromatic rings. The molecule has 0 spiro atoms. The van der Waals surface area contributed by atoms with Crippen LogP contribution in [0, 0.1) is 6.92 Å². The minimum atomic E-state index is 0.375. The predicted molar refractivity (Wildman–Crippen MR) is 75.1 cm³/mol. The molecule has 1 aliphatic carbocycles. The van der Waals surface area contributed by atoms with Crippen LogP contribution in [-0.4, -0.2) is 43.3 Å². The highest BCUT2D eigenvalue weighted by atomic mass is 32.1. The van der Waals surface area contributed by atoms with Gasteiger partial charge in [0.15, 0.2) is 0 Å². The summed E-state index contributed by atoms with van der Waals surface area (Å²) in [6, 6.07) is 3.06. The fourth-order valence-electron chi connectivity index (χ4n) is 2.57. The lowest BCUT2D eigenvalue weighted by Crippen LogP contribution is -2.47. The first-order chi connectivity index (χ1) is 8.83. The Hall–Kier alpha value is -0.420. The van der Waals surface area contributed by atoms with E-state index in [1.165, 1.54) is 23.3 Å². The molecule has 0 unspecified atom stereocenters. The van der Waals surface area contributed by atoms with E-state index in [1.807, 2.05) is 11.3 Å². The van der Waals surface area contributed by atoms with Gasteiger partial charge in [0.1, 0.15) is 0 Å². The van der Waals surface area contributed by atoms with Gasteiger partial charge in [-0.1, -0.05) is 0 Å². The van der Waals surface area contributed by atoms with Crippen molar-refractivity contribution in [1.29, 1.82) is 0 Å². The van der Waals surface area contributed by atoms with Gasteiger partial charge in [-0.15, -0.1) is 11.3 Å². The summed E-state index contributed by atoms with van der Waals surface area (Å²) in [6.45, 7) is 7.28. The van der Waals surface area contributed by atoms with Gasteiger partial charge in [-0.2, -0.15) is 0 Å². The van der Waals surface area contributed by atoms with Crippen molar-refractivity contribution in [2.24, 2.45) is 0 Å². The first kappa shape index (κ1) is 12.6. The lowest BCUT2D eigenvalue weighted by molar-refractivity contribution is -0.0301. The zero-order valence-electron chi connectivity index (χ0n) is 11.0. The van der Waals surface area contributed by atoms with Crippen LogP contribution in [0.2, 0.25) is 0 Å². The van der Waals surface area contributed by atoms with Crippen molar-refractivity contribution in [1.82, 2.24) is 10.2 Å². The Bertz CT molecular complexity index is 389. The quantitative estimate of drug-likeness (QED) is 0.882. The monoisotopic (exact) mass is 266 g/mol. The maximum absolute atomic E-state index is 5.84. The molecular weight excluding hydrogens is 244 g/mol. The summed E-state index contributed by atoms with van der Waals surface area (Å²) in [5, 5.41) is 5.70. The van der Waals surface area contributed by atoms with Crippen LogP contribution in [0.1, 0.15) is 23.3 Å². The lowest BCUT2D eigenvalue weighted by atomic mass is 10.2. The second-order valence-electron chi connectivity index (χ2n) is 5.38. The van der Waals surface area contributed by atoms with Gasteiger partial charge in [0, 0.05) is 37.1 Å². The van der Waals surface area contributed by atoms with Crippen LogP contribution in [0.15, 0.2) is 11.4 Å². The fraction of sp³-hybridized carbons (Fsp3) is 0.714. The second kappa shape index (κ2) is 5.70. The van der Waals surface area contributed by atoms with Gasteiger partial charge in [-0.25, -0.2) is 0 Å². The van der Waals surface area contributed by atoms with Crippen LogP contribution in [0.25, 0.3) is 0 Å². The summed E-state index contributed by atoms with van der Waals surface area (Å²) in [5.41, 5.74) is 1.40. The van der Waals surface area contributed by atoms with Crippen LogP contribution in [-0.2, 0) is 11.3 Å². The third-order valence-corrected chi connectivity index (χ3v) is 4.88. The Morgan fingerprint density at radius 3 is 3.11 bits per heavy atom. The van der Waals surface area contributed by atoms with Crippen LogP contribution in [0.3, 0.4) is 0 Å². The molecule has 2 heterocycles. The summed E-state index contributed by atoms with van der Waals surface area (Å²) < 4.78 is 5.84. The average Bonchev–Trinajstić information content (AvgIpc) is 3.15. The summed E-state index contributed by atoms with van der Waals surface area (Å²) >= 11 is 1.84. The zero-order chi connectivity index (χ0) is 12.4. The predicted octanol–water partition coefficient (Wildman–Crippen LogP) is 2.01. The third kappa shape index (κ3) is 3.12. The highest BCUT2D eigenvalue weighted by Gasteiger charge is 2.32. The molecule has 1 saturated heterocycles. The smallest absolute Gasteiger partial charge is 0.0826 e. The standard InChI is InChI=1S/C14H22N2OS/c1-11-4-7-18-14(11)9-15-8-13-10-16(5-6-17-13)12-2-3-12/h4,7,12-13,15H,2-3,5-6,8-10H2,1H3/t13-/m1/s1. The molecule has 1 aliphatic heterocycles. The Morgan fingerprint density at radius 2 is 2.39 bits per heavy atom. The number of nitrogens with zero attached hydrogens (tertiary/aromatic N) is 1. The van der Waals surface area contributed by atoms with Gasteiger partial charge < -0.3 is 10.1 Å². The molecule has 3 nitrogen and oxygen atoms in total. The van der Waals surface area contributed by atoms with E-state index >= 15 is 0 Å². The van der Waals surface area contributed by atoms with E-state index in [1.54, 1.807) is 0 Å². The Morgan fingerprint density at radius 1 is 1.50 bits per heavy atom. The molecule has 2 fully saturated rings. The summed E-state index contributed by atoms with van der Waals surface area (Å²) in [6.07, 6.45) is 3.17. The molecule has 1 atom stereocenters. The van der Waals surface area contributed by atoms with Gasteiger partial charge in [-0.3, -0.25) is 4.90 Å². The maximum Gasteiger partial charge on any atom is 0.0826 e. The molecule has 1 aromatic heterocycles. The number of hydrogen-bond donors (Lipinski definition) is 1. The number of thiophene rings is 1. The molecule has 1 N–H and O–H groups in total. The first-order valence-corrected chi connectivity index (χ1v) is 7.80. The fourth-order valence-corrected chi connectivity index (χ4v) is 3.44. The topological polar surface area (TPSA) is 24.5 Å². The van der Waals surface area contributed by atoms with Crippen LogP contribution in [0.5, 0.6) is 0 Å². The summed E-state index contributed by atoms with van der Waals surface area (Å²) in [4.78, 5) is 4.05. The highest BCUT2D eigenvalue weighted by molar-refractivity contribution is 7.10. The van der Waals surface area contributed by atoms with Crippen molar-refractivity contribution in [3.05, 3.63) is 21.9 Å². The van der Waals surface area contributed by atoms with E-state index in [0.717, 1.165) is 38.8 Å². The van der Waals surface area contributed by atoms with Gasteiger partial charge in [-0.05, 0) is 36.8 Å². The number of morpholine rings is 1. The van der Waals surface area contributed by atoms with Crippen molar-refractivity contribution in [2.75, 3.05) is 26.2 Å². The van der Waals surface area contributed by atoms with E-state index in [9.17, 15) is 0 Å². The first-order valence-electron chi connectivity index (χ1n) is 6.92. The van der Waals surface area contributed by atoms with Crippen molar-refractivity contribution < 1.29 is 4.74 Å². The van der Waals surface area contributed by atoms with Crippen molar-refractivity contribution in [2.45, 2.75) is 38.5 Å². The molecule has 4 heteroatoms. The second-order valence-corrected chi connectivity index (χ2v) is 6.38. The molecular formula is C14H22N2OS. The largest absolute Gasteiger partial charge is 0.374 e. The SMILES string of the molecule is Cc1ccsc1CNC[C@@H]1CN(C2CC2)CCO1. The van der Waals surface area contributed by atoms with Crippen LogP contribution < -0.4 is 5.32 Å². The molecule has 2 aliphatic rings. The molecule has 3 rings (SSSR count). The molecule has 18 heavy (non-hydrogen) atoms. The van der Waals surface area contributed by atoms with Gasteiger partial charge >= 0.3 is 0 Å². The highest BCUT2D eigenvalue weighted by Crippen LogP contribution is 2.28. The Labute approximate surface area is 113 Å². The molecule has 0 bridgehead atoms. The van der Waals surface area contributed by atoms with E-state index in [2.05, 4.69) is 28.6 Å². The van der Waals surface area contributed by atoms with Crippen molar-refractivity contribution in [3.63, 3.8) is 0 Å². The molecule has 1 saturated carbocycles. The minimum absolute atomic E-state index is 0.375. The lowest BCUT2D eigenvalue weighted by Gasteiger charge is -2.33. The van der Waals surface area contributed by atoms with Crippen LogP contribution in [0.4, 0.5) is 0 Å². The van der Waals surface area contributed by atoms with E-state index in [4.69, 9.17) is 4.74 Å². The number of nitrogens with one attached hydrogen (secondary N) is 1. The van der Waals surface area contributed by atoms with E-state index < -0.39 is 0 Å². The zero-order valence-corrected chi connectivity index (χ0v) is 11.8. The van der Waals surface area contributed by atoms with E-state index in [0.29, 0.717) is 6.10 Å².